The number of hydrogen-bond donors (Lipinski definition) is 1. The van der Waals surface area contributed by atoms with E-state index in [0.29, 0.717) is 22.6 Å². The number of anilines is 1. The number of hydrogen-bond acceptors (Lipinski definition) is 12. The number of carbonyl (C=O) groups is 2. The zero-order valence-electron chi connectivity index (χ0n) is 24.3. The van der Waals surface area contributed by atoms with Gasteiger partial charge in [-0.3, -0.25) is 9.59 Å². The summed E-state index contributed by atoms with van der Waals surface area (Å²) in [4.78, 5) is 24.6. The Bertz CT molecular complexity index is 2090. The number of ketones is 1. The van der Waals surface area contributed by atoms with Crippen molar-refractivity contribution in [3.63, 3.8) is 0 Å². The number of azo groups is 2. The molecule has 0 bridgehead atoms. The molecule has 0 saturated heterocycles. The molecule has 1 amide bonds. The van der Waals surface area contributed by atoms with Crippen molar-refractivity contribution in [3.8, 4) is 0 Å². The Morgan fingerprint density at radius 1 is 0.674 bits per heavy atom. The average Bonchev–Trinajstić information content (AvgIpc) is 2.99. The summed E-state index contributed by atoms with van der Waals surface area (Å²) in [7, 11) is -9.68. The third-order valence-corrected chi connectivity index (χ3v) is 8.09. The molecule has 0 unspecified atom stereocenters. The van der Waals surface area contributed by atoms with Gasteiger partial charge in [-0.25, -0.2) is 16.8 Å². The van der Waals surface area contributed by atoms with E-state index < -0.39 is 53.8 Å². The Labute approximate surface area is 308 Å². The molecule has 0 radical (unpaired) electrons. The van der Waals surface area contributed by atoms with Gasteiger partial charge in [-0.05, 0) is 84.4 Å². The summed E-state index contributed by atoms with van der Waals surface area (Å²) in [6.07, 6.45) is -0.419. The topological polar surface area (TPSA) is 210 Å². The van der Waals surface area contributed by atoms with Gasteiger partial charge >= 0.3 is 59.1 Å². The molecule has 0 saturated carbocycles. The van der Waals surface area contributed by atoms with Crippen molar-refractivity contribution >= 4 is 54.7 Å². The van der Waals surface area contributed by atoms with E-state index in [1.54, 1.807) is 30.3 Å². The van der Waals surface area contributed by atoms with Crippen LogP contribution in [-0.2, 0) is 26.7 Å². The van der Waals surface area contributed by atoms with Crippen LogP contribution in [0, 0.1) is 0 Å². The first-order valence-corrected chi connectivity index (χ1v) is 15.4. The van der Waals surface area contributed by atoms with E-state index in [4.69, 9.17) is 0 Å². The fraction of sp³-hybridized carbons (Fsp3) is 0.0345. The molecule has 0 fully saturated rings. The number of amides is 1. The van der Waals surface area contributed by atoms with E-state index in [2.05, 4.69) is 25.8 Å². The first-order chi connectivity index (χ1) is 20.9. The quantitative estimate of drug-likeness (QED) is 0.146. The molecule has 0 aromatic heterocycles. The summed E-state index contributed by atoms with van der Waals surface area (Å²) < 4.78 is 69.4. The first kappa shape index (κ1) is 37.2. The SMILES string of the molecule is O=C(Nc1ccc2c(c1)CC(S(=O)(=O)[O-])=C(N=Nc1ccc(N=Nc3ccc(S(=O)(=O)[O-])cc3)cc1)C2=O)c1ccccc1.[Na+].[Na+]. The monoisotopic (exact) mass is 675 g/mol. The second kappa shape index (κ2) is 15.6. The van der Waals surface area contributed by atoms with Gasteiger partial charge in [-0.1, -0.05) is 18.2 Å². The maximum Gasteiger partial charge on any atom is 1.00 e. The molecule has 0 aliphatic heterocycles. The molecule has 46 heavy (non-hydrogen) atoms. The third-order valence-electron chi connectivity index (χ3n) is 6.30. The Kier molecular flexibility index (Phi) is 12.6. The zero-order chi connectivity index (χ0) is 31.5. The van der Waals surface area contributed by atoms with E-state index >= 15 is 0 Å². The summed E-state index contributed by atoms with van der Waals surface area (Å²) in [6, 6.07) is 23.5. The largest absolute Gasteiger partial charge is 1.00 e. The molecule has 1 aliphatic carbocycles. The van der Waals surface area contributed by atoms with E-state index in [0.717, 1.165) is 12.1 Å². The summed E-state index contributed by atoms with van der Waals surface area (Å²) >= 11 is 0. The van der Waals surface area contributed by atoms with Crippen molar-refractivity contribution in [3.05, 3.63) is 124 Å². The number of nitrogens with one attached hydrogen (secondary N) is 1. The predicted octanol–water partition coefficient (Wildman–Crippen LogP) is -0.454. The molecule has 5 rings (SSSR count). The van der Waals surface area contributed by atoms with E-state index in [1.807, 2.05) is 0 Å². The minimum absolute atomic E-state index is 0. The molecule has 4 aromatic carbocycles. The van der Waals surface area contributed by atoms with Crippen LogP contribution in [0.25, 0.3) is 0 Å². The smallest absolute Gasteiger partial charge is 0.744 e. The van der Waals surface area contributed by atoms with Gasteiger partial charge in [-0.15, -0.1) is 5.11 Å². The van der Waals surface area contributed by atoms with Gasteiger partial charge in [0.15, 0.2) is 0 Å². The summed E-state index contributed by atoms with van der Waals surface area (Å²) in [5, 5.41) is 18.4. The van der Waals surface area contributed by atoms with Crippen LogP contribution < -0.4 is 64.4 Å². The van der Waals surface area contributed by atoms with Gasteiger partial charge in [0.05, 0.1) is 26.9 Å². The van der Waals surface area contributed by atoms with Crippen LogP contribution >= 0.6 is 0 Å². The molecule has 1 aliphatic rings. The number of allylic oxidation sites excluding steroid dienone is 2. The fourth-order valence-corrected chi connectivity index (χ4v) is 5.31. The van der Waals surface area contributed by atoms with Crippen molar-refractivity contribution in [2.45, 2.75) is 11.3 Å². The molecule has 17 heteroatoms. The van der Waals surface area contributed by atoms with Crippen LogP contribution in [0.15, 0.2) is 133 Å². The van der Waals surface area contributed by atoms with Gasteiger partial charge in [0.1, 0.15) is 25.9 Å². The number of carbonyl (C=O) groups excluding carboxylic acids is 2. The van der Waals surface area contributed by atoms with Gasteiger partial charge in [0, 0.05) is 23.2 Å². The minimum atomic E-state index is -5.10. The third kappa shape index (κ3) is 9.19. The van der Waals surface area contributed by atoms with E-state index in [9.17, 15) is 35.5 Å². The summed E-state index contributed by atoms with van der Waals surface area (Å²) in [5.41, 5.74) is 1.30. The van der Waals surface area contributed by atoms with Crippen molar-refractivity contribution in [2.24, 2.45) is 20.5 Å². The summed E-state index contributed by atoms with van der Waals surface area (Å²) in [5.74, 6) is -1.22. The van der Waals surface area contributed by atoms with Crippen molar-refractivity contribution in [2.75, 3.05) is 5.32 Å². The molecular formula is C29H19N5Na2O8S2. The predicted molar refractivity (Wildman–Crippen MR) is 155 cm³/mol. The van der Waals surface area contributed by atoms with Crippen LogP contribution in [0.2, 0.25) is 0 Å². The van der Waals surface area contributed by atoms with Crippen molar-refractivity contribution in [1.82, 2.24) is 0 Å². The summed E-state index contributed by atoms with van der Waals surface area (Å²) in [6.45, 7) is 0. The fourth-order valence-electron chi connectivity index (χ4n) is 4.14. The Hall–Kier alpha value is -3.22. The van der Waals surface area contributed by atoms with Gasteiger partial charge in [0.25, 0.3) is 5.91 Å². The van der Waals surface area contributed by atoms with Crippen LogP contribution in [0.1, 0.15) is 26.3 Å². The second-order valence-corrected chi connectivity index (χ2v) is 12.1. The number of nitrogens with zero attached hydrogens (tertiary/aromatic N) is 4. The van der Waals surface area contributed by atoms with E-state index in [1.165, 1.54) is 54.6 Å². The standard InChI is InChI=1S/C29H21N5O8S2.2Na/c35-28-25-15-12-23(30-29(36)18-4-2-1-3-5-18)16-19(25)17-26(44(40,41)42)27(28)34-33-21-8-6-20(7-9-21)31-32-22-10-13-24(14-11-22)43(37,38)39;;/h1-16H,17H2,(H,30,36)(H,37,38,39)(H,40,41,42);;/q;2*+1/p-2. The van der Waals surface area contributed by atoms with Crippen LogP contribution in [0.5, 0.6) is 0 Å². The minimum Gasteiger partial charge on any atom is -0.744 e. The second-order valence-electron chi connectivity index (χ2n) is 9.29. The van der Waals surface area contributed by atoms with Gasteiger partial charge in [0.2, 0.25) is 5.78 Å². The molecule has 0 spiro atoms. The molecular weight excluding hydrogens is 656 g/mol. The van der Waals surface area contributed by atoms with Crippen LogP contribution in [-0.4, -0.2) is 37.6 Å². The first-order valence-electron chi connectivity index (χ1n) is 12.6. The number of fused-ring (bicyclic) bond motifs is 1. The molecule has 4 aromatic rings. The van der Waals surface area contributed by atoms with Crippen LogP contribution in [0.4, 0.5) is 22.7 Å². The normalized spacial score (nSPS) is 13.2. The van der Waals surface area contributed by atoms with Gasteiger partial charge < -0.3 is 14.4 Å². The molecule has 0 atom stereocenters. The maximum atomic E-state index is 13.2. The zero-order valence-corrected chi connectivity index (χ0v) is 29.9. The van der Waals surface area contributed by atoms with Crippen molar-refractivity contribution < 1.29 is 94.6 Å². The molecule has 222 valence electrons. The number of Topliss-reactive ketones (excluding diaryl/α,β-unsaturated/α-hetero) is 1. The molecule has 0 heterocycles. The Morgan fingerprint density at radius 2 is 1.20 bits per heavy atom. The van der Waals surface area contributed by atoms with Gasteiger partial charge in [-0.2, -0.15) is 15.3 Å². The molecule has 1 N–H and O–H groups in total. The average molecular weight is 676 g/mol. The van der Waals surface area contributed by atoms with Crippen LogP contribution in [0.3, 0.4) is 0 Å². The Morgan fingerprint density at radius 3 is 1.72 bits per heavy atom. The van der Waals surface area contributed by atoms with E-state index in [-0.39, 0.29) is 75.9 Å². The Balaban J connectivity index is 0.00000288. The van der Waals surface area contributed by atoms with Crippen molar-refractivity contribution in [1.29, 1.82) is 0 Å². The molecule has 13 nitrogen and oxygen atoms in total. The maximum absolute atomic E-state index is 13.2. The number of benzene rings is 4. The number of rotatable bonds is 8.